The molecule has 1 aromatic carbocycles. The Kier molecular flexibility index (Phi) is 1.90. The fraction of sp³-hybridized carbons (Fsp3) is 0.125. The zero-order valence-electron chi connectivity index (χ0n) is 6.37. The summed E-state index contributed by atoms with van der Waals surface area (Å²) in [7, 11) is 1.60. The van der Waals surface area contributed by atoms with Crippen LogP contribution in [0.3, 0.4) is 0 Å². The molecule has 4 heteroatoms. The minimum Gasteiger partial charge on any atom is -0.495 e. The van der Waals surface area contributed by atoms with Crippen LogP contribution in [-0.2, 0) is 0 Å². The molecule has 0 bridgehead atoms. The molecule has 2 nitrogen and oxygen atoms in total. The van der Waals surface area contributed by atoms with E-state index in [0.29, 0.717) is 10.8 Å². The van der Waals surface area contributed by atoms with E-state index in [1.165, 1.54) is 11.5 Å². The Hall–Kier alpha value is -0.800. The highest BCUT2D eigenvalue weighted by molar-refractivity contribution is 7.13. The second-order valence-electron chi connectivity index (χ2n) is 2.32. The van der Waals surface area contributed by atoms with Crippen molar-refractivity contribution in [3.8, 4) is 5.75 Å². The van der Waals surface area contributed by atoms with Crippen LogP contribution in [0.1, 0.15) is 0 Å². The quantitative estimate of drug-likeness (QED) is 0.705. The molecule has 0 aliphatic carbocycles. The van der Waals surface area contributed by atoms with Crippen LogP contribution < -0.4 is 4.74 Å². The van der Waals surface area contributed by atoms with Crippen molar-refractivity contribution in [1.29, 1.82) is 0 Å². The van der Waals surface area contributed by atoms with Gasteiger partial charge in [-0.1, -0.05) is 11.6 Å². The molecule has 0 saturated heterocycles. The molecule has 0 spiro atoms. The van der Waals surface area contributed by atoms with E-state index < -0.39 is 0 Å². The number of benzene rings is 1. The first kappa shape index (κ1) is 7.83. The predicted octanol–water partition coefficient (Wildman–Crippen LogP) is 2.96. The Morgan fingerprint density at radius 3 is 3.08 bits per heavy atom. The minimum absolute atomic E-state index is 0.642. The maximum atomic E-state index is 6.02. The van der Waals surface area contributed by atoms with Crippen molar-refractivity contribution in [3.05, 3.63) is 23.4 Å². The van der Waals surface area contributed by atoms with Crippen molar-refractivity contribution >= 4 is 33.2 Å². The summed E-state index contributed by atoms with van der Waals surface area (Å²) in [5.74, 6) is 0.698. The number of rotatable bonds is 1. The summed E-state index contributed by atoms with van der Waals surface area (Å²) in [5, 5.41) is 1.60. The number of aromatic nitrogens is 1. The molecule has 0 fully saturated rings. The Bertz CT molecular complexity index is 412. The Labute approximate surface area is 78.9 Å². The molecule has 1 aromatic heterocycles. The van der Waals surface area contributed by atoms with Gasteiger partial charge in [-0.15, -0.1) is 0 Å². The van der Waals surface area contributed by atoms with Gasteiger partial charge < -0.3 is 4.74 Å². The van der Waals surface area contributed by atoms with Crippen LogP contribution in [0.2, 0.25) is 5.02 Å². The van der Waals surface area contributed by atoms with Crippen LogP contribution in [0.4, 0.5) is 0 Å². The number of ether oxygens (including phenoxy) is 1. The molecular formula is C8H6ClNOS. The van der Waals surface area contributed by atoms with E-state index in [0.717, 1.165) is 10.1 Å². The van der Waals surface area contributed by atoms with E-state index in [4.69, 9.17) is 16.3 Å². The molecule has 0 N–H and O–H groups in total. The highest BCUT2D eigenvalue weighted by Crippen LogP contribution is 2.33. The molecule has 12 heavy (non-hydrogen) atoms. The first-order valence-electron chi connectivity index (χ1n) is 3.40. The first-order valence-corrected chi connectivity index (χ1v) is 4.55. The number of halogens is 1. The van der Waals surface area contributed by atoms with Gasteiger partial charge in [0.2, 0.25) is 0 Å². The molecule has 1 heterocycles. The van der Waals surface area contributed by atoms with E-state index in [9.17, 15) is 0 Å². The lowest BCUT2D eigenvalue weighted by Crippen LogP contribution is -1.82. The van der Waals surface area contributed by atoms with E-state index in [-0.39, 0.29) is 0 Å². The van der Waals surface area contributed by atoms with Crippen LogP contribution in [0, 0.1) is 0 Å². The lowest BCUT2D eigenvalue weighted by atomic mass is 10.2. The third-order valence-electron chi connectivity index (χ3n) is 1.66. The number of nitrogens with zero attached hydrogens (tertiary/aromatic N) is 1. The molecule has 2 aromatic rings. The maximum Gasteiger partial charge on any atom is 0.138 e. The molecule has 2 rings (SSSR count). The molecule has 62 valence electrons. The van der Waals surface area contributed by atoms with Gasteiger partial charge in [-0.3, -0.25) is 0 Å². The normalized spacial score (nSPS) is 10.5. The van der Waals surface area contributed by atoms with Crippen LogP contribution in [0.5, 0.6) is 5.75 Å². The average molecular weight is 200 g/mol. The number of methoxy groups -OCH3 is 1. The van der Waals surface area contributed by atoms with Gasteiger partial charge in [0.15, 0.2) is 0 Å². The lowest BCUT2D eigenvalue weighted by Gasteiger charge is -2.01. The van der Waals surface area contributed by atoms with Crippen molar-refractivity contribution in [2.45, 2.75) is 0 Å². The second-order valence-corrected chi connectivity index (χ2v) is 3.53. The molecule has 0 aliphatic heterocycles. The summed E-state index contributed by atoms with van der Waals surface area (Å²) in [5.41, 5.74) is 0. The molecule has 0 atom stereocenters. The zero-order valence-corrected chi connectivity index (χ0v) is 7.95. The fourth-order valence-electron chi connectivity index (χ4n) is 1.05. The van der Waals surface area contributed by atoms with Gasteiger partial charge in [-0.2, -0.15) is 4.37 Å². The second kappa shape index (κ2) is 2.92. The summed E-state index contributed by atoms with van der Waals surface area (Å²) in [6, 6.07) is 3.81. The number of hydrogen-bond donors (Lipinski definition) is 0. The summed E-state index contributed by atoms with van der Waals surface area (Å²) in [4.78, 5) is 0. The van der Waals surface area contributed by atoms with Crippen molar-refractivity contribution in [1.82, 2.24) is 4.37 Å². The van der Waals surface area contributed by atoms with Crippen LogP contribution in [-0.4, -0.2) is 11.5 Å². The van der Waals surface area contributed by atoms with Gasteiger partial charge in [0, 0.05) is 5.39 Å². The standard InChI is InChI=1S/C8H6ClNOS/c1-11-6-2-3-7-5(8(6)9)4-10-12-7/h2-4H,1H3. The van der Waals surface area contributed by atoms with Crippen LogP contribution >= 0.6 is 23.1 Å². The third kappa shape index (κ3) is 1.06. The van der Waals surface area contributed by atoms with E-state index in [1.807, 2.05) is 12.1 Å². The summed E-state index contributed by atoms with van der Waals surface area (Å²) < 4.78 is 10.2. The van der Waals surface area contributed by atoms with E-state index in [2.05, 4.69) is 4.37 Å². The van der Waals surface area contributed by atoms with Crippen molar-refractivity contribution in [2.75, 3.05) is 7.11 Å². The lowest BCUT2D eigenvalue weighted by molar-refractivity contribution is 0.415. The van der Waals surface area contributed by atoms with Gasteiger partial charge in [-0.05, 0) is 23.7 Å². The smallest absolute Gasteiger partial charge is 0.138 e. The number of fused-ring (bicyclic) bond motifs is 1. The monoisotopic (exact) mass is 199 g/mol. The third-order valence-corrected chi connectivity index (χ3v) is 2.81. The predicted molar refractivity (Wildman–Crippen MR) is 51.2 cm³/mol. The molecule has 0 aliphatic rings. The topological polar surface area (TPSA) is 22.1 Å². The number of hydrogen-bond acceptors (Lipinski definition) is 3. The van der Waals surface area contributed by atoms with Gasteiger partial charge >= 0.3 is 0 Å². The SMILES string of the molecule is COc1ccc2sncc2c1Cl. The molecule has 0 unspecified atom stereocenters. The maximum absolute atomic E-state index is 6.02. The van der Waals surface area contributed by atoms with E-state index in [1.54, 1.807) is 13.3 Å². The molecule has 0 amide bonds. The Morgan fingerprint density at radius 2 is 2.33 bits per heavy atom. The largest absolute Gasteiger partial charge is 0.495 e. The Balaban J connectivity index is 2.78. The van der Waals surface area contributed by atoms with Gasteiger partial charge in [0.05, 0.1) is 23.0 Å². The van der Waals surface area contributed by atoms with Crippen molar-refractivity contribution in [3.63, 3.8) is 0 Å². The average Bonchev–Trinajstić information content (AvgIpc) is 2.53. The Morgan fingerprint density at radius 1 is 1.50 bits per heavy atom. The summed E-state index contributed by atoms with van der Waals surface area (Å²) in [6.07, 6.45) is 1.75. The van der Waals surface area contributed by atoms with Crippen LogP contribution in [0.25, 0.3) is 10.1 Å². The van der Waals surface area contributed by atoms with Crippen molar-refractivity contribution in [2.24, 2.45) is 0 Å². The molecular weight excluding hydrogens is 194 g/mol. The minimum atomic E-state index is 0.642. The van der Waals surface area contributed by atoms with Gasteiger partial charge in [-0.25, -0.2) is 0 Å². The highest BCUT2D eigenvalue weighted by Gasteiger charge is 2.06. The van der Waals surface area contributed by atoms with Gasteiger partial charge in [0.25, 0.3) is 0 Å². The zero-order chi connectivity index (χ0) is 8.55. The molecule has 0 saturated carbocycles. The first-order chi connectivity index (χ1) is 5.83. The van der Waals surface area contributed by atoms with Gasteiger partial charge in [0.1, 0.15) is 5.75 Å². The fourth-order valence-corrected chi connectivity index (χ4v) is 2.05. The summed E-state index contributed by atoms with van der Waals surface area (Å²) in [6.45, 7) is 0. The highest BCUT2D eigenvalue weighted by atomic mass is 35.5. The van der Waals surface area contributed by atoms with E-state index >= 15 is 0 Å². The summed E-state index contributed by atoms with van der Waals surface area (Å²) >= 11 is 7.46. The van der Waals surface area contributed by atoms with Crippen molar-refractivity contribution < 1.29 is 4.74 Å². The van der Waals surface area contributed by atoms with Crippen LogP contribution in [0.15, 0.2) is 18.3 Å². The molecule has 0 radical (unpaired) electrons.